The molecular formula is C17H20N2O5S. The van der Waals surface area contributed by atoms with Crippen molar-refractivity contribution in [2.75, 3.05) is 19.8 Å². The molecule has 0 aliphatic carbocycles. The van der Waals surface area contributed by atoms with E-state index >= 15 is 0 Å². The molecule has 1 aliphatic rings. The summed E-state index contributed by atoms with van der Waals surface area (Å²) in [5.41, 5.74) is 0.769. The Labute approximate surface area is 148 Å². The summed E-state index contributed by atoms with van der Waals surface area (Å²) >= 11 is 1.34. The van der Waals surface area contributed by atoms with Crippen molar-refractivity contribution in [2.45, 2.75) is 33.2 Å². The number of hydrogen-bond donors (Lipinski definition) is 0. The molecule has 1 aliphatic heterocycles. The Morgan fingerprint density at radius 3 is 2.64 bits per heavy atom. The first-order valence-electron chi connectivity index (χ1n) is 8.28. The Kier molecular flexibility index (Phi) is 5.37. The van der Waals surface area contributed by atoms with Crippen LogP contribution in [0.2, 0.25) is 0 Å². The van der Waals surface area contributed by atoms with Crippen LogP contribution in [0.1, 0.15) is 26.7 Å². The van der Waals surface area contributed by atoms with E-state index in [1.54, 1.807) is 11.5 Å². The van der Waals surface area contributed by atoms with Gasteiger partial charge in [-0.05, 0) is 13.3 Å². The molecule has 0 fully saturated rings. The Morgan fingerprint density at radius 2 is 1.96 bits per heavy atom. The van der Waals surface area contributed by atoms with Gasteiger partial charge >= 0.3 is 5.97 Å². The molecular weight excluding hydrogens is 344 g/mol. The molecule has 0 saturated heterocycles. The van der Waals surface area contributed by atoms with Gasteiger partial charge in [0, 0.05) is 18.6 Å². The van der Waals surface area contributed by atoms with Crippen molar-refractivity contribution >= 4 is 33.4 Å². The smallest absolute Gasteiger partial charge is 0.326 e. The summed E-state index contributed by atoms with van der Waals surface area (Å²) in [6, 6.07) is 3.68. The average molecular weight is 364 g/mol. The van der Waals surface area contributed by atoms with Crippen LogP contribution in [0.4, 0.5) is 0 Å². The molecule has 1 aromatic carbocycles. The molecule has 0 radical (unpaired) electrons. The predicted molar refractivity (Wildman–Crippen MR) is 92.9 cm³/mol. The van der Waals surface area contributed by atoms with Crippen LogP contribution in [0, 0.1) is 0 Å². The predicted octanol–water partition coefficient (Wildman–Crippen LogP) is 2.26. The van der Waals surface area contributed by atoms with E-state index in [9.17, 15) is 9.59 Å². The van der Waals surface area contributed by atoms with Gasteiger partial charge in [-0.25, -0.2) is 0 Å². The van der Waals surface area contributed by atoms with Gasteiger partial charge in [0.2, 0.25) is 5.91 Å². The van der Waals surface area contributed by atoms with E-state index in [-0.39, 0.29) is 18.4 Å². The molecule has 8 heteroatoms. The number of hydrogen-bond acceptors (Lipinski definition) is 6. The van der Waals surface area contributed by atoms with Crippen LogP contribution in [0.25, 0.3) is 10.2 Å². The summed E-state index contributed by atoms with van der Waals surface area (Å²) in [5.74, 6) is 0.709. The Balaban J connectivity index is 2.12. The topological polar surface area (TPSA) is 79.1 Å². The number of rotatable bonds is 5. The van der Waals surface area contributed by atoms with E-state index in [4.69, 9.17) is 14.2 Å². The highest BCUT2D eigenvalue weighted by atomic mass is 32.1. The van der Waals surface area contributed by atoms with Crippen LogP contribution >= 0.6 is 11.3 Å². The summed E-state index contributed by atoms with van der Waals surface area (Å²) in [4.78, 5) is 28.6. The van der Waals surface area contributed by atoms with E-state index in [0.29, 0.717) is 42.5 Å². The van der Waals surface area contributed by atoms with Crippen molar-refractivity contribution in [2.24, 2.45) is 4.99 Å². The van der Waals surface area contributed by atoms with Gasteiger partial charge in [-0.15, -0.1) is 0 Å². The third-order valence-corrected chi connectivity index (χ3v) is 4.66. The standard InChI is InChI=1S/C17H20N2O5S/c1-3-5-15(20)18-17-19(10-16(21)22-4-2)11-8-12-13(9-14(11)25-17)24-7-6-23-12/h8-9H,3-7,10H2,1-2H3. The number of amides is 1. The fourth-order valence-corrected chi connectivity index (χ4v) is 3.61. The monoisotopic (exact) mass is 364 g/mol. The largest absolute Gasteiger partial charge is 0.486 e. The molecule has 134 valence electrons. The van der Waals surface area contributed by atoms with Crippen LogP contribution in [0.5, 0.6) is 11.5 Å². The highest BCUT2D eigenvalue weighted by Gasteiger charge is 2.18. The lowest BCUT2D eigenvalue weighted by Gasteiger charge is -2.18. The summed E-state index contributed by atoms with van der Waals surface area (Å²) < 4.78 is 18.8. The van der Waals surface area contributed by atoms with Gasteiger partial charge in [0.25, 0.3) is 0 Å². The lowest BCUT2D eigenvalue weighted by atomic mass is 10.2. The van der Waals surface area contributed by atoms with Crippen LogP contribution in [-0.4, -0.2) is 36.3 Å². The third-order valence-electron chi connectivity index (χ3n) is 3.62. The van der Waals surface area contributed by atoms with Gasteiger partial charge in [0.1, 0.15) is 19.8 Å². The zero-order valence-electron chi connectivity index (χ0n) is 14.2. The first-order valence-corrected chi connectivity index (χ1v) is 9.10. The Hall–Kier alpha value is -2.35. The van der Waals surface area contributed by atoms with Crippen molar-refractivity contribution in [3.63, 3.8) is 0 Å². The second kappa shape index (κ2) is 7.69. The maximum absolute atomic E-state index is 12.0. The summed E-state index contributed by atoms with van der Waals surface area (Å²) in [6.07, 6.45) is 1.09. The summed E-state index contributed by atoms with van der Waals surface area (Å²) in [5, 5.41) is 0. The van der Waals surface area contributed by atoms with Gasteiger partial charge in [0.05, 0.1) is 16.8 Å². The highest BCUT2D eigenvalue weighted by Crippen LogP contribution is 2.35. The van der Waals surface area contributed by atoms with Gasteiger partial charge in [-0.1, -0.05) is 18.3 Å². The van der Waals surface area contributed by atoms with E-state index < -0.39 is 0 Å². The van der Waals surface area contributed by atoms with Crippen LogP contribution in [-0.2, 0) is 20.9 Å². The van der Waals surface area contributed by atoms with Crippen molar-refractivity contribution < 1.29 is 23.8 Å². The molecule has 25 heavy (non-hydrogen) atoms. The SMILES string of the molecule is CCCC(=O)N=c1sc2cc3c(cc2n1CC(=O)OCC)OCCO3. The van der Waals surface area contributed by atoms with Crippen molar-refractivity contribution in [1.82, 2.24) is 4.57 Å². The second-order valence-corrected chi connectivity index (χ2v) is 6.50. The fourth-order valence-electron chi connectivity index (χ4n) is 2.56. The number of esters is 1. The third kappa shape index (κ3) is 3.84. The number of carbonyl (C=O) groups excluding carboxylic acids is 2. The molecule has 1 amide bonds. The van der Waals surface area contributed by atoms with Crippen LogP contribution in [0.15, 0.2) is 17.1 Å². The number of nitrogens with zero attached hydrogens (tertiary/aromatic N) is 2. The summed E-state index contributed by atoms with van der Waals surface area (Å²) in [6.45, 7) is 4.95. The zero-order valence-corrected chi connectivity index (χ0v) is 15.1. The number of aromatic nitrogens is 1. The van der Waals surface area contributed by atoms with Gasteiger partial charge in [0.15, 0.2) is 16.3 Å². The minimum atomic E-state index is -0.374. The van der Waals surface area contributed by atoms with Crippen molar-refractivity contribution in [1.29, 1.82) is 0 Å². The molecule has 3 rings (SSSR count). The molecule has 0 spiro atoms. The van der Waals surface area contributed by atoms with Gasteiger partial charge in [-0.3, -0.25) is 9.59 Å². The zero-order chi connectivity index (χ0) is 17.8. The van der Waals surface area contributed by atoms with E-state index in [1.807, 2.05) is 19.1 Å². The molecule has 2 heterocycles. The maximum Gasteiger partial charge on any atom is 0.326 e. The van der Waals surface area contributed by atoms with E-state index in [0.717, 1.165) is 16.6 Å². The first kappa shape index (κ1) is 17.5. The minimum absolute atomic E-state index is 0.00821. The van der Waals surface area contributed by atoms with Gasteiger partial charge < -0.3 is 18.8 Å². The van der Waals surface area contributed by atoms with Crippen molar-refractivity contribution in [3.05, 3.63) is 16.9 Å². The normalized spacial score (nSPS) is 13.9. The molecule has 0 saturated carbocycles. The molecule has 2 aromatic rings. The first-order chi connectivity index (χ1) is 12.1. The minimum Gasteiger partial charge on any atom is -0.486 e. The van der Waals surface area contributed by atoms with Crippen LogP contribution < -0.4 is 14.3 Å². The lowest BCUT2D eigenvalue weighted by molar-refractivity contribution is -0.143. The number of thiazole rings is 1. The molecule has 0 unspecified atom stereocenters. The number of benzene rings is 1. The average Bonchev–Trinajstić information content (AvgIpc) is 2.89. The number of fused-ring (bicyclic) bond motifs is 2. The van der Waals surface area contributed by atoms with Crippen LogP contribution in [0.3, 0.4) is 0 Å². The molecule has 7 nitrogen and oxygen atoms in total. The van der Waals surface area contributed by atoms with E-state index in [1.165, 1.54) is 11.3 Å². The molecule has 0 bridgehead atoms. The maximum atomic E-state index is 12.0. The van der Waals surface area contributed by atoms with E-state index in [2.05, 4.69) is 4.99 Å². The molecule has 1 aromatic heterocycles. The lowest BCUT2D eigenvalue weighted by Crippen LogP contribution is -2.23. The molecule has 0 atom stereocenters. The van der Waals surface area contributed by atoms with Gasteiger partial charge in [-0.2, -0.15) is 4.99 Å². The quantitative estimate of drug-likeness (QED) is 0.761. The Morgan fingerprint density at radius 1 is 1.24 bits per heavy atom. The van der Waals surface area contributed by atoms with Crippen molar-refractivity contribution in [3.8, 4) is 11.5 Å². The summed E-state index contributed by atoms with van der Waals surface area (Å²) in [7, 11) is 0. The second-order valence-electron chi connectivity index (χ2n) is 5.49. The Bertz CT molecular complexity index is 868. The fraction of sp³-hybridized carbons (Fsp3) is 0.471. The highest BCUT2D eigenvalue weighted by molar-refractivity contribution is 7.16. The number of carbonyl (C=O) groups is 2. The molecule has 0 N–H and O–H groups in total. The number of ether oxygens (including phenoxy) is 3.